The van der Waals surface area contributed by atoms with Gasteiger partial charge in [0.05, 0.1) is 16.3 Å². The summed E-state index contributed by atoms with van der Waals surface area (Å²) in [5.41, 5.74) is 6.73. The zero-order valence-corrected chi connectivity index (χ0v) is 13.7. The molecule has 0 aliphatic rings. The number of nitrogens with one attached hydrogen (secondary N) is 1. The Hall–Kier alpha value is -2.24. The molecular weight excluding hydrogens is 339 g/mol. The van der Waals surface area contributed by atoms with Crippen LogP contribution in [0.15, 0.2) is 42.5 Å². The maximum absolute atomic E-state index is 12.1. The predicted octanol–water partition coefficient (Wildman–Crippen LogP) is 3.76. The van der Waals surface area contributed by atoms with E-state index in [0.717, 1.165) is 0 Å². The molecule has 0 fully saturated rings. The summed E-state index contributed by atoms with van der Waals surface area (Å²) in [4.78, 5) is 24.0. The van der Waals surface area contributed by atoms with Crippen LogP contribution >= 0.6 is 23.2 Å². The Morgan fingerprint density at radius 1 is 1.13 bits per heavy atom. The van der Waals surface area contributed by atoms with Crippen LogP contribution < -0.4 is 11.1 Å². The van der Waals surface area contributed by atoms with E-state index in [1.165, 1.54) is 25.1 Å². The van der Waals surface area contributed by atoms with E-state index in [1.807, 2.05) is 0 Å². The van der Waals surface area contributed by atoms with E-state index in [0.29, 0.717) is 27.0 Å². The maximum Gasteiger partial charge on any atom is 0.338 e. The lowest BCUT2D eigenvalue weighted by Gasteiger charge is -2.14. The van der Waals surface area contributed by atoms with Crippen molar-refractivity contribution in [3.63, 3.8) is 0 Å². The van der Waals surface area contributed by atoms with Crippen molar-refractivity contribution < 1.29 is 14.3 Å². The van der Waals surface area contributed by atoms with Gasteiger partial charge in [-0.15, -0.1) is 0 Å². The van der Waals surface area contributed by atoms with E-state index in [2.05, 4.69) is 5.32 Å². The molecule has 0 radical (unpaired) electrons. The molecule has 2 aromatic carbocycles. The standard InChI is InChI=1S/C16H14Cl2N2O3/c1-9(23-16(22)10-2-5-12(19)6-3-10)15(21)20-14-8-11(17)4-7-13(14)18/h2-9H,19H2,1H3,(H,20,21)/t9-/m1/s1. The largest absolute Gasteiger partial charge is 0.449 e. The minimum atomic E-state index is -1.00. The highest BCUT2D eigenvalue weighted by molar-refractivity contribution is 6.35. The summed E-state index contributed by atoms with van der Waals surface area (Å²) in [5.74, 6) is -1.14. The van der Waals surface area contributed by atoms with Crippen LogP contribution in [0.3, 0.4) is 0 Å². The van der Waals surface area contributed by atoms with Gasteiger partial charge in [-0.25, -0.2) is 4.79 Å². The predicted molar refractivity (Wildman–Crippen MR) is 90.8 cm³/mol. The molecule has 1 atom stereocenters. The number of esters is 1. The quantitative estimate of drug-likeness (QED) is 0.648. The van der Waals surface area contributed by atoms with E-state index in [-0.39, 0.29) is 0 Å². The molecule has 0 saturated carbocycles. The molecule has 2 rings (SSSR count). The Bertz CT molecular complexity index is 733. The molecule has 7 heteroatoms. The highest BCUT2D eigenvalue weighted by Crippen LogP contribution is 2.25. The Morgan fingerprint density at radius 2 is 1.78 bits per heavy atom. The average Bonchev–Trinajstić information content (AvgIpc) is 2.51. The zero-order chi connectivity index (χ0) is 17.0. The molecule has 1 amide bonds. The lowest BCUT2D eigenvalue weighted by molar-refractivity contribution is -0.123. The summed E-state index contributed by atoms with van der Waals surface area (Å²) < 4.78 is 5.11. The van der Waals surface area contributed by atoms with Crippen molar-refractivity contribution in [3.8, 4) is 0 Å². The van der Waals surface area contributed by atoms with Gasteiger partial charge in [-0.2, -0.15) is 0 Å². The molecule has 0 bridgehead atoms. The Balaban J connectivity index is 2.01. The van der Waals surface area contributed by atoms with Gasteiger partial charge in [-0.05, 0) is 49.4 Å². The topological polar surface area (TPSA) is 81.4 Å². The van der Waals surface area contributed by atoms with Gasteiger partial charge in [0.25, 0.3) is 5.91 Å². The summed E-state index contributed by atoms with van der Waals surface area (Å²) in [5, 5.41) is 3.32. The number of halogens is 2. The number of carbonyl (C=O) groups excluding carboxylic acids is 2. The number of rotatable bonds is 4. The fraction of sp³-hybridized carbons (Fsp3) is 0.125. The highest BCUT2D eigenvalue weighted by Gasteiger charge is 2.19. The van der Waals surface area contributed by atoms with Crippen molar-refractivity contribution in [2.75, 3.05) is 11.1 Å². The van der Waals surface area contributed by atoms with Crippen LogP contribution in [0.25, 0.3) is 0 Å². The van der Waals surface area contributed by atoms with Gasteiger partial charge >= 0.3 is 5.97 Å². The number of carbonyl (C=O) groups is 2. The van der Waals surface area contributed by atoms with Crippen LogP contribution in [0.1, 0.15) is 17.3 Å². The van der Waals surface area contributed by atoms with Crippen LogP contribution in [0.5, 0.6) is 0 Å². The summed E-state index contributed by atoms with van der Waals surface area (Å²) in [6, 6.07) is 10.9. The van der Waals surface area contributed by atoms with Gasteiger partial charge in [-0.1, -0.05) is 23.2 Å². The number of anilines is 2. The third-order valence-electron chi connectivity index (χ3n) is 2.99. The van der Waals surface area contributed by atoms with Crippen molar-refractivity contribution in [3.05, 3.63) is 58.1 Å². The summed E-state index contributed by atoms with van der Waals surface area (Å²) in [6.45, 7) is 1.46. The molecule has 0 spiro atoms. The van der Waals surface area contributed by atoms with E-state index >= 15 is 0 Å². The number of ether oxygens (including phenoxy) is 1. The van der Waals surface area contributed by atoms with Gasteiger partial charge in [0.2, 0.25) is 0 Å². The molecule has 0 aliphatic heterocycles. The summed E-state index contributed by atoms with van der Waals surface area (Å²) in [6.07, 6.45) is -1.00. The molecular formula is C16H14Cl2N2O3. The molecule has 5 nitrogen and oxygen atoms in total. The average molecular weight is 353 g/mol. The Morgan fingerprint density at radius 3 is 2.43 bits per heavy atom. The molecule has 23 heavy (non-hydrogen) atoms. The van der Waals surface area contributed by atoms with Crippen LogP contribution in [0.2, 0.25) is 10.0 Å². The van der Waals surface area contributed by atoms with E-state index in [1.54, 1.807) is 24.3 Å². The second kappa shape index (κ2) is 7.35. The van der Waals surface area contributed by atoms with E-state index < -0.39 is 18.0 Å². The molecule has 0 unspecified atom stereocenters. The minimum absolute atomic E-state index is 0.305. The number of hydrogen-bond donors (Lipinski definition) is 2. The molecule has 3 N–H and O–H groups in total. The van der Waals surface area contributed by atoms with Gasteiger partial charge in [0.1, 0.15) is 0 Å². The van der Waals surface area contributed by atoms with Crippen LogP contribution in [-0.2, 0) is 9.53 Å². The second-order valence-electron chi connectivity index (χ2n) is 4.78. The minimum Gasteiger partial charge on any atom is -0.449 e. The van der Waals surface area contributed by atoms with Crippen molar-refractivity contribution in [1.29, 1.82) is 0 Å². The monoisotopic (exact) mass is 352 g/mol. The first-order valence-corrected chi connectivity index (χ1v) is 7.45. The van der Waals surface area contributed by atoms with Crippen LogP contribution in [-0.4, -0.2) is 18.0 Å². The molecule has 0 saturated heterocycles. The van der Waals surface area contributed by atoms with Crippen LogP contribution in [0.4, 0.5) is 11.4 Å². The molecule has 0 heterocycles. The first-order chi connectivity index (χ1) is 10.9. The molecule has 0 aromatic heterocycles. The smallest absolute Gasteiger partial charge is 0.338 e. The maximum atomic E-state index is 12.1. The highest BCUT2D eigenvalue weighted by atomic mass is 35.5. The summed E-state index contributed by atoms with van der Waals surface area (Å²) in [7, 11) is 0. The molecule has 0 aliphatic carbocycles. The van der Waals surface area contributed by atoms with Crippen molar-refractivity contribution >= 4 is 46.5 Å². The first-order valence-electron chi connectivity index (χ1n) is 6.69. The third kappa shape index (κ3) is 4.61. The SMILES string of the molecule is C[C@@H](OC(=O)c1ccc(N)cc1)C(=O)Nc1cc(Cl)ccc1Cl. The van der Waals surface area contributed by atoms with Gasteiger partial charge < -0.3 is 15.8 Å². The third-order valence-corrected chi connectivity index (χ3v) is 3.55. The number of amides is 1. The molecule has 120 valence electrons. The Labute approximate surface area is 143 Å². The fourth-order valence-corrected chi connectivity index (χ4v) is 2.07. The van der Waals surface area contributed by atoms with Crippen molar-refractivity contribution in [2.24, 2.45) is 0 Å². The zero-order valence-electron chi connectivity index (χ0n) is 12.2. The summed E-state index contributed by atoms with van der Waals surface area (Å²) >= 11 is 11.8. The molecule has 2 aromatic rings. The van der Waals surface area contributed by atoms with E-state index in [9.17, 15) is 9.59 Å². The number of nitrogens with two attached hydrogens (primary N) is 1. The first kappa shape index (κ1) is 17.1. The van der Waals surface area contributed by atoms with Gasteiger partial charge in [0, 0.05) is 10.7 Å². The second-order valence-corrected chi connectivity index (χ2v) is 5.63. The van der Waals surface area contributed by atoms with Gasteiger partial charge in [-0.3, -0.25) is 4.79 Å². The normalized spacial score (nSPS) is 11.6. The Kier molecular flexibility index (Phi) is 5.47. The number of nitrogen functional groups attached to an aromatic ring is 1. The van der Waals surface area contributed by atoms with E-state index in [4.69, 9.17) is 33.7 Å². The van der Waals surface area contributed by atoms with Crippen LogP contribution in [0, 0.1) is 0 Å². The van der Waals surface area contributed by atoms with Gasteiger partial charge in [0.15, 0.2) is 6.10 Å². The lowest BCUT2D eigenvalue weighted by atomic mass is 10.2. The fourth-order valence-electron chi connectivity index (χ4n) is 1.73. The van der Waals surface area contributed by atoms with Crippen molar-refractivity contribution in [2.45, 2.75) is 13.0 Å². The van der Waals surface area contributed by atoms with Crippen molar-refractivity contribution in [1.82, 2.24) is 0 Å². The number of hydrogen-bond acceptors (Lipinski definition) is 4. The number of benzene rings is 2. The lowest BCUT2D eigenvalue weighted by Crippen LogP contribution is -2.30.